The summed E-state index contributed by atoms with van der Waals surface area (Å²) in [6.07, 6.45) is 1.69. The van der Waals surface area contributed by atoms with E-state index in [1.165, 1.54) is 0 Å². The molecule has 0 spiro atoms. The highest BCUT2D eigenvalue weighted by molar-refractivity contribution is 5.78. The summed E-state index contributed by atoms with van der Waals surface area (Å²) < 4.78 is 0. The molecule has 72 valence electrons. The first-order valence-corrected chi connectivity index (χ1v) is 4.38. The SMILES string of the molecule is CCCN=C(N)NC(C)CCO. The summed E-state index contributed by atoms with van der Waals surface area (Å²) in [6, 6.07) is 0.190. The number of rotatable bonds is 5. The van der Waals surface area contributed by atoms with E-state index in [2.05, 4.69) is 10.3 Å². The van der Waals surface area contributed by atoms with Crippen LogP contribution in [0.15, 0.2) is 4.99 Å². The van der Waals surface area contributed by atoms with Crippen LogP contribution in [0.2, 0.25) is 0 Å². The van der Waals surface area contributed by atoms with Gasteiger partial charge in [-0.05, 0) is 19.8 Å². The summed E-state index contributed by atoms with van der Waals surface area (Å²) in [5.41, 5.74) is 5.55. The summed E-state index contributed by atoms with van der Waals surface area (Å²) in [7, 11) is 0. The van der Waals surface area contributed by atoms with E-state index < -0.39 is 0 Å². The summed E-state index contributed by atoms with van der Waals surface area (Å²) >= 11 is 0. The lowest BCUT2D eigenvalue weighted by molar-refractivity contribution is 0.275. The fourth-order valence-corrected chi connectivity index (χ4v) is 0.796. The normalized spacial score (nSPS) is 14.4. The number of aliphatic hydroxyl groups excluding tert-OH is 1. The molecule has 0 rings (SSSR count). The number of nitrogens with zero attached hydrogens (tertiary/aromatic N) is 1. The van der Waals surface area contributed by atoms with Gasteiger partial charge in [0.05, 0.1) is 0 Å². The van der Waals surface area contributed by atoms with E-state index in [4.69, 9.17) is 10.8 Å². The van der Waals surface area contributed by atoms with Gasteiger partial charge in [0, 0.05) is 19.2 Å². The molecule has 1 atom stereocenters. The van der Waals surface area contributed by atoms with Crippen molar-refractivity contribution in [2.75, 3.05) is 13.2 Å². The first-order valence-electron chi connectivity index (χ1n) is 4.38. The second-order valence-electron chi connectivity index (χ2n) is 2.82. The molecule has 0 aromatic rings. The van der Waals surface area contributed by atoms with Crippen molar-refractivity contribution in [1.29, 1.82) is 0 Å². The van der Waals surface area contributed by atoms with Crippen molar-refractivity contribution < 1.29 is 5.11 Å². The smallest absolute Gasteiger partial charge is 0.188 e. The van der Waals surface area contributed by atoms with Crippen molar-refractivity contribution in [3.63, 3.8) is 0 Å². The van der Waals surface area contributed by atoms with E-state index in [1.54, 1.807) is 0 Å². The molecule has 0 aromatic carbocycles. The molecule has 0 heterocycles. The van der Waals surface area contributed by atoms with Gasteiger partial charge in [-0.3, -0.25) is 4.99 Å². The van der Waals surface area contributed by atoms with E-state index >= 15 is 0 Å². The molecule has 4 heteroatoms. The van der Waals surface area contributed by atoms with Gasteiger partial charge >= 0.3 is 0 Å². The fourth-order valence-electron chi connectivity index (χ4n) is 0.796. The van der Waals surface area contributed by atoms with Crippen molar-refractivity contribution in [3.05, 3.63) is 0 Å². The molecule has 1 unspecified atom stereocenters. The highest BCUT2D eigenvalue weighted by Gasteiger charge is 2.00. The number of nitrogens with two attached hydrogens (primary N) is 1. The van der Waals surface area contributed by atoms with Gasteiger partial charge in [0.15, 0.2) is 5.96 Å². The molecule has 0 aromatic heterocycles. The lowest BCUT2D eigenvalue weighted by Gasteiger charge is -2.12. The lowest BCUT2D eigenvalue weighted by atomic mass is 10.2. The minimum atomic E-state index is 0.176. The highest BCUT2D eigenvalue weighted by Crippen LogP contribution is 1.87. The Bertz CT molecular complexity index is 136. The standard InChI is InChI=1S/C8H19N3O/c1-3-5-10-8(9)11-7(2)4-6-12/h7,12H,3-6H2,1-2H3,(H3,9,10,11). The second kappa shape index (κ2) is 6.91. The quantitative estimate of drug-likeness (QED) is 0.407. The van der Waals surface area contributed by atoms with E-state index in [0.717, 1.165) is 13.0 Å². The Labute approximate surface area is 73.9 Å². The van der Waals surface area contributed by atoms with Gasteiger partial charge in [-0.15, -0.1) is 0 Å². The number of aliphatic hydroxyl groups is 1. The van der Waals surface area contributed by atoms with Crippen LogP contribution in [0.3, 0.4) is 0 Å². The van der Waals surface area contributed by atoms with Crippen LogP contribution in [-0.2, 0) is 0 Å². The van der Waals surface area contributed by atoms with Crippen LogP contribution < -0.4 is 11.1 Å². The maximum absolute atomic E-state index is 8.60. The second-order valence-corrected chi connectivity index (χ2v) is 2.82. The van der Waals surface area contributed by atoms with Crippen molar-refractivity contribution in [3.8, 4) is 0 Å². The molecule has 0 radical (unpaired) electrons. The Balaban J connectivity index is 3.59. The van der Waals surface area contributed by atoms with E-state index in [-0.39, 0.29) is 12.6 Å². The Hall–Kier alpha value is -0.770. The van der Waals surface area contributed by atoms with Crippen LogP contribution in [0.25, 0.3) is 0 Å². The zero-order chi connectivity index (χ0) is 9.40. The molecule has 4 N–H and O–H groups in total. The van der Waals surface area contributed by atoms with E-state index in [1.807, 2.05) is 13.8 Å². The molecule has 4 nitrogen and oxygen atoms in total. The molecule has 0 aliphatic carbocycles. The van der Waals surface area contributed by atoms with E-state index in [9.17, 15) is 0 Å². The monoisotopic (exact) mass is 173 g/mol. The van der Waals surface area contributed by atoms with Crippen LogP contribution in [0.1, 0.15) is 26.7 Å². The number of hydrogen-bond donors (Lipinski definition) is 3. The largest absolute Gasteiger partial charge is 0.396 e. The molecule has 0 aliphatic rings. The zero-order valence-corrected chi connectivity index (χ0v) is 7.88. The maximum Gasteiger partial charge on any atom is 0.188 e. The van der Waals surface area contributed by atoms with Crippen LogP contribution in [0.5, 0.6) is 0 Å². The third kappa shape index (κ3) is 5.97. The van der Waals surface area contributed by atoms with Crippen LogP contribution in [-0.4, -0.2) is 30.3 Å². The average Bonchev–Trinajstić information content (AvgIpc) is 2.01. The topological polar surface area (TPSA) is 70.6 Å². The highest BCUT2D eigenvalue weighted by atomic mass is 16.3. The van der Waals surface area contributed by atoms with Crippen LogP contribution >= 0.6 is 0 Å². The number of hydrogen-bond acceptors (Lipinski definition) is 2. The van der Waals surface area contributed by atoms with Crippen molar-refractivity contribution >= 4 is 5.96 Å². The van der Waals surface area contributed by atoms with Gasteiger partial charge in [0.2, 0.25) is 0 Å². The first-order chi connectivity index (χ1) is 5.70. The molecule has 0 saturated heterocycles. The molecule has 0 bridgehead atoms. The van der Waals surface area contributed by atoms with Crippen molar-refractivity contribution in [1.82, 2.24) is 5.32 Å². The van der Waals surface area contributed by atoms with E-state index in [0.29, 0.717) is 12.4 Å². The fraction of sp³-hybridized carbons (Fsp3) is 0.875. The molecule has 12 heavy (non-hydrogen) atoms. The minimum absolute atomic E-state index is 0.176. The minimum Gasteiger partial charge on any atom is -0.396 e. The summed E-state index contributed by atoms with van der Waals surface area (Å²) in [5.74, 6) is 0.470. The van der Waals surface area contributed by atoms with Crippen LogP contribution in [0, 0.1) is 0 Å². The average molecular weight is 173 g/mol. The van der Waals surface area contributed by atoms with Gasteiger partial charge < -0.3 is 16.2 Å². The number of aliphatic imine (C=N–C) groups is 1. The molecular weight excluding hydrogens is 154 g/mol. The van der Waals surface area contributed by atoms with Crippen molar-refractivity contribution in [2.24, 2.45) is 10.7 Å². The predicted molar refractivity (Wildman–Crippen MR) is 51.1 cm³/mol. The maximum atomic E-state index is 8.60. The van der Waals surface area contributed by atoms with Gasteiger partial charge in [0.1, 0.15) is 0 Å². The molecule has 0 saturated carbocycles. The van der Waals surface area contributed by atoms with Crippen LogP contribution in [0.4, 0.5) is 0 Å². The Morgan fingerprint density at radius 1 is 1.67 bits per heavy atom. The summed E-state index contributed by atoms with van der Waals surface area (Å²) in [4.78, 5) is 4.07. The number of nitrogens with one attached hydrogen (secondary N) is 1. The molecular formula is C8H19N3O. The lowest BCUT2D eigenvalue weighted by Crippen LogP contribution is -2.38. The molecule has 0 amide bonds. The van der Waals surface area contributed by atoms with Gasteiger partial charge in [-0.25, -0.2) is 0 Å². The first kappa shape index (κ1) is 11.2. The zero-order valence-electron chi connectivity index (χ0n) is 7.88. The van der Waals surface area contributed by atoms with Crippen molar-refractivity contribution in [2.45, 2.75) is 32.7 Å². The van der Waals surface area contributed by atoms with Gasteiger partial charge in [-0.2, -0.15) is 0 Å². The Morgan fingerprint density at radius 2 is 2.33 bits per heavy atom. The Kier molecular flexibility index (Phi) is 6.47. The molecule has 0 fully saturated rings. The summed E-state index contributed by atoms with van der Waals surface area (Å²) in [5, 5.41) is 11.6. The third-order valence-corrected chi connectivity index (χ3v) is 1.46. The number of guanidine groups is 1. The van der Waals surface area contributed by atoms with Gasteiger partial charge in [0.25, 0.3) is 0 Å². The predicted octanol–water partition coefficient (Wildman–Crippen LogP) is 0.0716. The third-order valence-electron chi connectivity index (χ3n) is 1.46. The summed E-state index contributed by atoms with van der Waals surface area (Å²) in [6.45, 7) is 4.94. The Morgan fingerprint density at radius 3 is 2.83 bits per heavy atom. The molecule has 0 aliphatic heterocycles. The van der Waals surface area contributed by atoms with Gasteiger partial charge in [-0.1, -0.05) is 6.92 Å².